The van der Waals surface area contributed by atoms with Gasteiger partial charge in [-0.1, -0.05) is 0 Å². The van der Waals surface area contributed by atoms with E-state index >= 15 is 0 Å². The fourth-order valence-corrected chi connectivity index (χ4v) is 1.17. The summed E-state index contributed by atoms with van der Waals surface area (Å²) in [7, 11) is 0. The maximum absolute atomic E-state index is 10.3. The van der Waals surface area contributed by atoms with E-state index in [2.05, 4.69) is 12.6 Å². The van der Waals surface area contributed by atoms with Gasteiger partial charge in [-0.15, -0.1) is 11.8 Å². The number of carboxylic acids is 1. The first-order chi connectivity index (χ1) is 5.00. The Labute approximate surface area is 75.1 Å². The highest BCUT2D eigenvalue weighted by molar-refractivity contribution is 8.09. The van der Waals surface area contributed by atoms with Crippen LogP contribution in [0.1, 0.15) is 0 Å². The summed E-state index contributed by atoms with van der Waals surface area (Å²) in [5.41, 5.74) is 10.7. The molecular weight excluding hydrogens is 184 g/mol. The SMILES string of the molecule is CSC(S)C(N)[C@H](N)C(=O)O. The molecule has 0 saturated carbocycles. The molecule has 4 nitrogen and oxygen atoms in total. The molecule has 3 atom stereocenters. The van der Waals surface area contributed by atoms with Crippen LogP contribution in [0.5, 0.6) is 0 Å². The van der Waals surface area contributed by atoms with Crippen molar-refractivity contribution in [2.24, 2.45) is 11.5 Å². The second-order valence-electron chi connectivity index (χ2n) is 2.07. The van der Waals surface area contributed by atoms with E-state index in [1.807, 2.05) is 0 Å². The van der Waals surface area contributed by atoms with Crippen LogP contribution in [0.3, 0.4) is 0 Å². The molecule has 0 saturated heterocycles. The van der Waals surface area contributed by atoms with E-state index in [9.17, 15) is 4.79 Å². The summed E-state index contributed by atoms with van der Waals surface area (Å²) < 4.78 is -0.235. The fraction of sp³-hybridized carbons (Fsp3) is 0.800. The molecule has 0 bridgehead atoms. The Balaban J connectivity index is 4.00. The first-order valence-corrected chi connectivity index (χ1v) is 4.76. The minimum atomic E-state index is -1.09. The molecule has 0 heterocycles. The highest BCUT2D eigenvalue weighted by Gasteiger charge is 2.25. The highest BCUT2D eigenvalue weighted by Crippen LogP contribution is 2.15. The van der Waals surface area contributed by atoms with E-state index in [0.717, 1.165) is 0 Å². The van der Waals surface area contributed by atoms with Gasteiger partial charge in [-0.25, -0.2) is 0 Å². The second kappa shape index (κ2) is 4.87. The Morgan fingerprint density at radius 2 is 2.09 bits per heavy atom. The van der Waals surface area contributed by atoms with E-state index in [4.69, 9.17) is 16.6 Å². The minimum Gasteiger partial charge on any atom is -0.480 e. The lowest BCUT2D eigenvalue weighted by Crippen LogP contribution is -2.51. The summed E-state index contributed by atoms with van der Waals surface area (Å²) in [6.07, 6.45) is 1.80. The van der Waals surface area contributed by atoms with Crippen molar-refractivity contribution in [3.8, 4) is 0 Å². The lowest BCUT2D eigenvalue weighted by atomic mass is 10.2. The lowest BCUT2D eigenvalue weighted by molar-refractivity contribution is -0.138. The summed E-state index contributed by atoms with van der Waals surface area (Å²) in [6, 6.07) is -1.66. The Hall–Kier alpha value is 0.0900. The molecule has 0 aliphatic rings. The Morgan fingerprint density at radius 3 is 2.36 bits per heavy atom. The van der Waals surface area contributed by atoms with Crippen LogP contribution in [0.4, 0.5) is 0 Å². The molecule has 0 aliphatic heterocycles. The molecule has 66 valence electrons. The van der Waals surface area contributed by atoms with Gasteiger partial charge >= 0.3 is 5.97 Å². The average Bonchev–Trinajstić information content (AvgIpc) is 2.00. The molecule has 6 heteroatoms. The molecule has 0 aromatic rings. The van der Waals surface area contributed by atoms with Gasteiger partial charge in [0.1, 0.15) is 6.04 Å². The number of thioether (sulfide) groups is 1. The number of nitrogens with two attached hydrogens (primary N) is 2. The van der Waals surface area contributed by atoms with Crippen molar-refractivity contribution in [3.05, 3.63) is 0 Å². The first-order valence-electron chi connectivity index (χ1n) is 2.95. The number of carbonyl (C=O) groups is 1. The molecule has 0 aromatic carbocycles. The third kappa shape index (κ3) is 3.33. The summed E-state index contributed by atoms with van der Waals surface area (Å²) in [4.78, 5) is 10.3. The lowest BCUT2D eigenvalue weighted by Gasteiger charge is -2.20. The maximum Gasteiger partial charge on any atom is 0.322 e. The average molecular weight is 196 g/mol. The van der Waals surface area contributed by atoms with Gasteiger partial charge in [0.05, 0.1) is 10.6 Å². The summed E-state index contributed by atoms with van der Waals surface area (Å²) >= 11 is 5.43. The first kappa shape index (κ1) is 11.1. The number of rotatable bonds is 4. The van der Waals surface area contributed by atoms with Crippen molar-refractivity contribution in [2.45, 2.75) is 16.7 Å². The number of aliphatic carboxylic acids is 1. The molecule has 0 fully saturated rings. The highest BCUT2D eigenvalue weighted by atomic mass is 32.2. The monoisotopic (exact) mass is 196 g/mol. The van der Waals surface area contributed by atoms with Crippen molar-refractivity contribution in [1.82, 2.24) is 0 Å². The van der Waals surface area contributed by atoms with Crippen LogP contribution in [0.15, 0.2) is 0 Å². The quantitative estimate of drug-likeness (QED) is 0.354. The molecule has 0 rings (SSSR count). The van der Waals surface area contributed by atoms with E-state index < -0.39 is 18.1 Å². The predicted molar refractivity (Wildman–Crippen MR) is 49.9 cm³/mol. The minimum absolute atomic E-state index is 0.235. The topological polar surface area (TPSA) is 89.3 Å². The standard InChI is InChI=1S/C5H12N2O2S2/c1-11-5(10)3(7)2(6)4(8)9/h2-3,5,10H,6-7H2,1H3,(H,8,9)/t2-,3?,5?/m0/s1. The molecule has 0 aromatic heterocycles. The van der Waals surface area contributed by atoms with Gasteiger partial charge in [0.2, 0.25) is 0 Å². The van der Waals surface area contributed by atoms with Gasteiger partial charge in [0.25, 0.3) is 0 Å². The molecule has 0 spiro atoms. The van der Waals surface area contributed by atoms with E-state index in [1.54, 1.807) is 6.26 Å². The van der Waals surface area contributed by atoms with Crippen LogP contribution in [0.25, 0.3) is 0 Å². The van der Waals surface area contributed by atoms with E-state index in [1.165, 1.54) is 11.8 Å². The normalized spacial score (nSPS) is 18.9. The molecule has 0 aliphatic carbocycles. The largest absolute Gasteiger partial charge is 0.480 e. The number of hydrogen-bond donors (Lipinski definition) is 4. The Kier molecular flexibility index (Phi) is 4.91. The zero-order valence-electron chi connectivity index (χ0n) is 6.10. The van der Waals surface area contributed by atoms with Gasteiger partial charge in [0.15, 0.2) is 0 Å². The predicted octanol–water partition coefficient (Wildman–Crippen LogP) is -0.656. The molecule has 11 heavy (non-hydrogen) atoms. The summed E-state index contributed by atoms with van der Waals surface area (Å²) in [6.45, 7) is 0. The van der Waals surface area contributed by atoms with Crippen molar-refractivity contribution < 1.29 is 9.90 Å². The van der Waals surface area contributed by atoms with Crippen LogP contribution in [-0.2, 0) is 4.79 Å². The van der Waals surface area contributed by atoms with Crippen LogP contribution in [-0.4, -0.2) is 34.0 Å². The van der Waals surface area contributed by atoms with Gasteiger partial charge in [-0.3, -0.25) is 4.79 Å². The maximum atomic E-state index is 10.3. The van der Waals surface area contributed by atoms with Crippen LogP contribution < -0.4 is 11.5 Å². The van der Waals surface area contributed by atoms with Gasteiger partial charge in [0, 0.05) is 0 Å². The zero-order valence-corrected chi connectivity index (χ0v) is 7.81. The van der Waals surface area contributed by atoms with E-state index in [0.29, 0.717) is 0 Å². The van der Waals surface area contributed by atoms with Crippen LogP contribution in [0, 0.1) is 0 Å². The Bertz CT molecular complexity index is 144. The third-order valence-corrected chi connectivity index (χ3v) is 3.04. The van der Waals surface area contributed by atoms with Crippen molar-refractivity contribution in [3.63, 3.8) is 0 Å². The molecule has 0 amide bonds. The van der Waals surface area contributed by atoms with Crippen molar-refractivity contribution in [1.29, 1.82) is 0 Å². The summed E-state index contributed by atoms with van der Waals surface area (Å²) in [5, 5.41) is 8.45. The van der Waals surface area contributed by atoms with Crippen LogP contribution in [0.2, 0.25) is 0 Å². The molecule has 0 radical (unpaired) electrons. The summed E-state index contributed by atoms with van der Waals surface area (Å²) in [5.74, 6) is -1.09. The molecule has 5 N–H and O–H groups in total. The van der Waals surface area contributed by atoms with Gasteiger partial charge < -0.3 is 16.6 Å². The number of thiol groups is 1. The molecule has 2 unspecified atom stereocenters. The smallest absolute Gasteiger partial charge is 0.322 e. The Morgan fingerprint density at radius 1 is 1.64 bits per heavy atom. The number of carboxylic acid groups (broad SMARTS) is 1. The second-order valence-corrected chi connectivity index (χ2v) is 3.95. The van der Waals surface area contributed by atoms with Crippen molar-refractivity contribution in [2.75, 3.05) is 6.26 Å². The van der Waals surface area contributed by atoms with E-state index in [-0.39, 0.29) is 4.58 Å². The van der Waals surface area contributed by atoms with Crippen molar-refractivity contribution >= 4 is 30.4 Å². The molecular formula is C5H12N2O2S2. The third-order valence-electron chi connectivity index (χ3n) is 1.27. The zero-order chi connectivity index (χ0) is 9.02. The fourth-order valence-electron chi connectivity index (χ4n) is 0.499. The number of hydrogen-bond acceptors (Lipinski definition) is 5. The van der Waals surface area contributed by atoms with Gasteiger partial charge in [-0.05, 0) is 6.26 Å². The van der Waals surface area contributed by atoms with Crippen LogP contribution >= 0.6 is 24.4 Å². The van der Waals surface area contributed by atoms with Gasteiger partial charge in [-0.2, -0.15) is 12.6 Å².